The number of hydrogen-bond acceptors (Lipinski definition) is 5. The van der Waals surface area contributed by atoms with Crippen molar-refractivity contribution < 1.29 is 14.3 Å². The van der Waals surface area contributed by atoms with Crippen LogP contribution in [0.3, 0.4) is 0 Å². The zero-order valence-electron chi connectivity index (χ0n) is 11.1. The third kappa shape index (κ3) is 2.51. The molecule has 6 nitrogen and oxygen atoms in total. The summed E-state index contributed by atoms with van der Waals surface area (Å²) in [4.78, 5) is 23.8. The Hall–Kier alpha value is -3.02. The second-order valence-electron chi connectivity index (χ2n) is 4.77. The molecular weight excluding hydrogens is 270 g/mol. The molecule has 1 amide bonds. The molecule has 0 atom stereocenters. The molecule has 21 heavy (non-hydrogen) atoms. The zero-order valence-corrected chi connectivity index (χ0v) is 11.1. The highest BCUT2D eigenvalue weighted by atomic mass is 16.5. The Kier molecular flexibility index (Phi) is 2.98. The van der Waals surface area contributed by atoms with Gasteiger partial charge in [0.05, 0.1) is 5.69 Å². The molecule has 5 N–H and O–H groups in total. The number of fused-ring (bicyclic) bond motifs is 1. The molecule has 0 saturated heterocycles. The lowest BCUT2D eigenvalue weighted by Gasteiger charge is -2.18. The predicted molar refractivity (Wildman–Crippen MR) is 79.3 cm³/mol. The lowest BCUT2D eigenvalue weighted by molar-refractivity contribution is -0.118. The molecule has 3 rings (SSSR count). The number of nitrogens with two attached hydrogens (primary N) is 2. The van der Waals surface area contributed by atoms with E-state index in [-0.39, 0.29) is 18.3 Å². The van der Waals surface area contributed by atoms with Gasteiger partial charge in [0.25, 0.3) is 5.91 Å². The van der Waals surface area contributed by atoms with Crippen molar-refractivity contribution >= 4 is 28.8 Å². The molecule has 0 bridgehead atoms. The molecule has 0 aromatic heterocycles. The first-order valence-corrected chi connectivity index (χ1v) is 6.30. The number of ether oxygens (including phenoxy) is 1. The third-order valence-corrected chi connectivity index (χ3v) is 3.11. The van der Waals surface area contributed by atoms with E-state index in [4.69, 9.17) is 16.2 Å². The Labute approximate surface area is 120 Å². The van der Waals surface area contributed by atoms with Gasteiger partial charge in [0.15, 0.2) is 12.4 Å². The molecule has 1 heterocycles. The maximum atomic E-state index is 12.5. The van der Waals surface area contributed by atoms with Gasteiger partial charge in [-0.3, -0.25) is 9.59 Å². The highest BCUT2D eigenvalue weighted by Gasteiger charge is 2.18. The lowest BCUT2D eigenvalue weighted by atomic mass is 10.0. The topological polar surface area (TPSA) is 107 Å². The molecular formula is C15H13N3O3. The van der Waals surface area contributed by atoms with Crippen molar-refractivity contribution in [1.29, 1.82) is 0 Å². The van der Waals surface area contributed by atoms with E-state index in [1.807, 2.05) is 0 Å². The largest absolute Gasteiger partial charge is 0.482 e. The van der Waals surface area contributed by atoms with Crippen LogP contribution in [0.2, 0.25) is 0 Å². The summed E-state index contributed by atoms with van der Waals surface area (Å²) < 4.78 is 5.25. The van der Waals surface area contributed by atoms with E-state index in [9.17, 15) is 9.59 Å². The van der Waals surface area contributed by atoms with Crippen LogP contribution in [0.4, 0.5) is 17.1 Å². The summed E-state index contributed by atoms with van der Waals surface area (Å²) in [6, 6.07) is 9.57. The van der Waals surface area contributed by atoms with Crippen LogP contribution in [0, 0.1) is 0 Å². The first-order valence-electron chi connectivity index (χ1n) is 6.30. The first-order chi connectivity index (χ1) is 10.0. The van der Waals surface area contributed by atoms with E-state index < -0.39 is 0 Å². The Morgan fingerprint density at radius 2 is 1.76 bits per heavy atom. The van der Waals surface area contributed by atoms with Gasteiger partial charge in [-0.1, -0.05) is 0 Å². The van der Waals surface area contributed by atoms with E-state index in [2.05, 4.69) is 5.32 Å². The molecule has 1 aliphatic rings. The molecule has 106 valence electrons. The molecule has 0 fully saturated rings. The van der Waals surface area contributed by atoms with Gasteiger partial charge in [-0.2, -0.15) is 0 Å². The smallest absolute Gasteiger partial charge is 0.262 e. The molecule has 0 unspecified atom stereocenters. The van der Waals surface area contributed by atoms with E-state index >= 15 is 0 Å². The molecule has 0 radical (unpaired) electrons. The highest BCUT2D eigenvalue weighted by Crippen LogP contribution is 2.29. The van der Waals surface area contributed by atoms with Crippen LogP contribution in [-0.4, -0.2) is 18.3 Å². The Balaban J connectivity index is 1.98. The molecule has 6 heteroatoms. The van der Waals surface area contributed by atoms with Crippen LogP contribution in [0.15, 0.2) is 36.4 Å². The normalized spacial score (nSPS) is 13.0. The SMILES string of the molecule is Nc1cc(N)cc(C(=O)c2ccc3c(c2)NC(=O)CO3)c1. The molecule has 2 aromatic carbocycles. The maximum absolute atomic E-state index is 12.5. The number of nitrogen functional groups attached to an aromatic ring is 2. The van der Waals surface area contributed by atoms with Gasteiger partial charge in [0.1, 0.15) is 5.75 Å². The Bertz CT molecular complexity index is 736. The van der Waals surface area contributed by atoms with Gasteiger partial charge in [-0.05, 0) is 36.4 Å². The summed E-state index contributed by atoms with van der Waals surface area (Å²) in [6.45, 7) is -0.0218. The summed E-state index contributed by atoms with van der Waals surface area (Å²) in [5.74, 6) is 0.0650. The van der Waals surface area contributed by atoms with Crippen molar-refractivity contribution in [3.63, 3.8) is 0 Å². The number of nitrogens with one attached hydrogen (secondary N) is 1. The number of rotatable bonds is 2. The summed E-state index contributed by atoms with van der Waals surface area (Å²) in [5.41, 5.74) is 13.5. The van der Waals surface area contributed by atoms with Gasteiger partial charge < -0.3 is 21.5 Å². The van der Waals surface area contributed by atoms with Crippen LogP contribution in [0.5, 0.6) is 5.75 Å². The number of anilines is 3. The molecule has 0 saturated carbocycles. The molecule has 0 spiro atoms. The van der Waals surface area contributed by atoms with Gasteiger partial charge in [-0.25, -0.2) is 0 Å². The Morgan fingerprint density at radius 1 is 1.05 bits per heavy atom. The van der Waals surface area contributed by atoms with Crippen LogP contribution < -0.4 is 21.5 Å². The van der Waals surface area contributed by atoms with E-state index in [1.165, 1.54) is 0 Å². The third-order valence-electron chi connectivity index (χ3n) is 3.11. The first kappa shape index (κ1) is 13.0. The molecule has 1 aliphatic heterocycles. The average molecular weight is 283 g/mol. The van der Waals surface area contributed by atoms with E-state index in [0.29, 0.717) is 33.9 Å². The van der Waals surface area contributed by atoms with Gasteiger partial charge >= 0.3 is 0 Å². The maximum Gasteiger partial charge on any atom is 0.262 e. The second kappa shape index (κ2) is 4.82. The van der Waals surface area contributed by atoms with Gasteiger partial charge in [-0.15, -0.1) is 0 Å². The van der Waals surface area contributed by atoms with Crippen LogP contribution in [0.25, 0.3) is 0 Å². The lowest BCUT2D eigenvalue weighted by Crippen LogP contribution is -2.25. The summed E-state index contributed by atoms with van der Waals surface area (Å²) in [7, 11) is 0. The number of carbonyl (C=O) groups is 2. The zero-order chi connectivity index (χ0) is 15.0. The fourth-order valence-electron chi connectivity index (χ4n) is 2.20. The highest BCUT2D eigenvalue weighted by molar-refractivity contribution is 6.11. The average Bonchev–Trinajstić information content (AvgIpc) is 2.44. The number of carbonyl (C=O) groups excluding carboxylic acids is 2. The summed E-state index contributed by atoms with van der Waals surface area (Å²) in [5, 5.41) is 2.66. The molecule has 0 aliphatic carbocycles. The minimum Gasteiger partial charge on any atom is -0.482 e. The summed E-state index contributed by atoms with van der Waals surface area (Å²) in [6.07, 6.45) is 0. The van der Waals surface area contributed by atoms with Crippen LogP contribution in [0.1, 0.15) is 15.9 Å². The Morgan fingerprint density at radius 3 is 2.48 bits per heavy atom. The standard InChI is InChI=1S/C15H13N3O3/c16-10-3-9(4-11(17)6-10)15(20)8-1-2-13-12(5-8)18-14(19)7-21-13/h1-6H,7,16-17H2,(H,18,19). The van der Waals surface area contributed by atoms with Crippen LogP contribution >= 0.6 is 0 Å². The summed E-state index contributed by atoms with van der Waals surface area (Å²) >= 11 is 0. The minimum atomic E-state index is -0.250. The van der Waals surface area contributed by atoms with Crippen molar-refractivity contribution in [2.24, 2.45) is 0 Å². The van der Waals surface area contributed by atoms with Crippen molar-refractivity contribution in [3.05, 3.63) is 47.5 Å². The van der Waals surface area contributed by atoms with E-state index in [1.54, 1.807) is 36.4 Å². The number of benzene rings is 2. The van der Waals surface area contributed by atoms with E-state index in [0.717, 1.165) is 0 Å². The molecule has 2 aromatic rings. The second-order valence-corrected chi connectivity index (χ2v) is 4.77. The van der Waals surface area contributed by atoms with Gasteiger partial charge in [0.2, 0.25) is 0 Å². The number of ketones is 1. The van der Waals surface area contributed by atoms with Gasteiger partial charge in [0, 0.05) is 22.5 Å². The fraction of sp³-hybridized carbons (Fsp3) is 0.0667. The minimum absolute atomic E-state index is 0.0218. The predicted octanol–water partition coefficient (Wildman–Crippen LogP) is 1.41. The van der Waals surface area contributed by atoms with Crippen LogP contribution in [-0.2, 0) is 4.79 Å². The van der Waals surface area contributed by atoms with Crippen molar-refractivity contribution in [3.8, 4) is 5.75 Å². The number of hydrogen-bond donors (Lipinski definition) is 3. The van der Waals surface area contributed by atoms with Crippen molar-refractivity contribution in [1.82, 2.24) is 0 Å². The number of amides is 1. The monoisotopic (exact) mass is 283 g/mol. The quantitative estimate of drug-likeness (QED) is 0.570. The fourth-order valence-corrected chi connectivity index (χ4v) is 2.20. The van der Waals surface area contributed by atoms with Crippen molar-refractivity contribution in [2.45, 2.75) is 0 Å². The van der Waals surface area contributed by atoms with Crippen molar-refractivity contribution in [2.75, 3.05) is 23.4 Å².